The molecule has 2 rings (SSSR count). The van der Waals surface area contributed by atoms with Gasteiger partial charge in [0.2, 0.25) is 0 Å². The van der Waals surface area contributed by atoms with E-state index >= 15 is 0 Å². The van der Waals surface area contributed by atoms with Crippen LogP contribution in [-0.2, 0) is 10.1 Å². The number of hydrogen-bond acceptors (Lipinski definition) is 4. The number of aromatic nitrogens is 1. The van der Waals surface area contributed by atoms with Gasteiger partial charge in [-0.2, -0.15) is 18.2 Å². The standard InChI is InChI=1S/C11H16ClN2.CHF3O3S/c12-7-3-2-6-11-10-14(11)13-8-4-1-5-9-13;2-1(3,4)8(5,6)7/h1,4-5,8-9,11H,2-3,6-7,10H2;(H,5,6,7)/q+1;/p-1. The summed E-state index contributed by atoms with van der Waals surface area (Å²) in [6, 6.07) is 6.91. The molecule has 0 aromatic carbocycles. The van der Waals surface area contributed by atoms with Crippen LogP contribution in [0.15, 0.2) is 30.6 Å². The van der Waals surface area contributed by atoms with Crippen molar-refractivity contribution in [3.8, 4) is 0 Å². The second kappa shape index (κ2) is 7.98. The van der Waals surface area contributed by atoms with Gasteiger partial charge in [0.1, 0.15) is 6.04 Å². The van der Waals surface area contributed by atoms with Gasteiger partial charge in [-0.25, -0.2) is 8.42 Å². The summed E-state index contributed by atoms with van der Waals surface area (Å²) in [5, 5.41) is 2.37. The lowest BCUT2D eigenvalue weighted by molar-refractivity contribution is -0.677. The van der Waals surface area contributed by atoms with E-state index in [0.717, 1.165) is 18.3 Å². The van der Waals surface area contributed by atoms with Crippen LogP contribution in [0.3, 0.4) is 0 Å². The van der Waals surface area contributed by atoms with E-state index in [1.54, 1.807) is 0 Å². The Hall–Kier alpha value is -1.06. The van der Waals surface area contributed by atoms with Crippen LogP contribution in [0.5, 0.6) is 0 Å². The summed E-state index contributed by atoms with van der Waals surface area (Å²) < 4.78 is 61.1. The van der Waals surface area contributed by atoms with E-state index in [-0.39, 0.29) is 0 Å². The topological polar surface area (TPSA) is 64.1 Å². The number of halogens is 4. The third-order valence-corrected chi connectivity index (χ3v) is 3.72. The fourth-order valence-corrected chi connectivity index (χ4v) is 1.92. The van der Waals surface area contributed by atoms with Crippen molar-refractivity contribution in [3.05, 3.63) is 30.6 Å². The van der Waals surface area contributed by atoms with Crippen molar-refractivity contribution < 1.29 is 30.8 Å². The normalized spacial score (nSPS) is 17.7. The predicted molar refractivity (Wildman–Crippen MR) is 73.8 cm³/mol. The molecule has 1 aromatic heterocycles. The molecule has 10 heteroatoms. The quantitative estimate of drug-likeness (QED) is 0.200. The van der Waals surface area contributed by atoms with Crippen molar-refractivity contribution in [1.82, 2.24) is 0 Å². The lowest BCUT2D eigenvalue weighted by atomic mass is 10.2. The molecule has 1 aromatic rings. The SMILES string of the molecule is ClCCCCC1CN1[n+]1ccccc1.O=S(=O)([O-])C(F)(F)F. The predicted octanol–water partition coefficient (Wildman–Crippen LogP) is 1.75. The molecule has 2 heterocycles. The molecule has 0 saturated carbocycles. The minimum atomic E-state index is -6.09. The second-order valence-corrected chi connectivity index (χ2v) is 6.37. The third-order valence-electron chi connectivity index (χ3n) is 2.89. The van der Waals surface area contributed by atoms with Crippen LogP contribution in [0.1, 0.15) is 19.3 Å². The molecule has 22 heavy (non-hydrogen) atoms. The number of unbranched alkanes of at least 4 members (excludes halogenated alkanes) is 1. The zero-order valence-electron chi connectivity index (χ0n) is 11.5. The average Bonchev–Trinajstić information content (AvgIpc) is 3.18. The number of rotatable bonds is 5. The molecular weight excluding hydrogens is 345 g/mol. The summed E-state index contributed by atoms with van der Waals surface area (Å²) in [5.74, 6) is 0.797. The van der Waals surface area contributed by atoms with Crippen molar-refractivity contribution in [2.45, 2.75) is 30.8 Å². The summed E-state index contributed by atoms with van der Waals surface area (Å²) in [4.78, 5) is 0. The summed E-state index contributed by atoms with van der Waals surface area (Å²) in [7, 11) is -6.09. The van der Waals surface area contributed by atoms with Gasteiger partial charge in [-0.1, -0.05) is 10.7 Å². The second-order valence-electron chi connectivity index (χ2n) is 4.62. The Bertz CT molecular complexity index is 554. The molecule has 0 spiro atoms. The van der Waals surface area contributed by atoms with Gasteiger partial charge in [0.15, 0.2) is 22.5 Å². The van der Waals surface area contributed by atoms with Crippen LogP contribution in [0, 0.1) is 0 Å². The first-order valence-corrected chi connectivity index (χ1v) is 8.42. The molecule has 0 aliphatic carbocycles. The van der Waals surface area contributed by atoms with Gasteiger partial charge >= 0.3 is 5.51 Å². The Labute approximate surface area is 132 Å². The van der Waals surface area contributed by atoms with Gasteiger partial charge in [0, 0.05) is 18.0 Å². The molecule has 0 N–H and O–H groups in total. The number of nitrogens with zero attached hydrogens (tertiary/aromatic N) is 2. The van der Waals surface area contributed by atoms with Crippen molar-refractivity contribution in [2.24, 2.45) is 0 Å². The van der Waals surface area contributed by atoms with Gasteiger partial charge in [-0.05, 0) is 19.3 Å². The maximum atomic E-state index is 10.7. The van der Waals surface area contributed by atoms with Crippen molar-refractivity contribution in [1.29, 1.82) is 0 Å². The molecular formula is C12H16ClF3N2O3S. The van der Waals surface area contributed by atoms with Gasteiger partial charge in [0.05, 0.1) is 6.54 Å². The maximum Gasteiger partial charge on any atom is 0.485 e. The average molecular weight is 361 g/mol. The summed E-state index contributed by atoms with van der Waals surface area (Å²) >= 11 is 5.64. The van der Waals surface area contributed by atoms with Crippen LogP contribution < -0.4 is 9.69 Å². The van der Waals surface area contributed by atoms with E-state index < -0.39 is 15.6 Å². The Balaban J connectivity index is 0.000000261. The van der Waals surface area contributed by atoms with E-state index in [1.165, 1.54) is 19.4 Å². The van der Waals surface area contributed by atoms with Crippen LogP contribution in [0.2, 0.25) is 0 Å². The van der Waals surface area contributed by atoms with E-state index in [4.69, 9.17) is 24.6 Å². The number of hydrogen-bond donors (Lipinski definition) is 0. The van der Waals surface area contributed by atoms with Gasteiger partial charge in [-0.15, -0.1) is 11.6 Å². The molecule has 1 unspecified atom stereocenters. The Morgan fingerprint density at radius 3 is 2.23 bits per heavy atom. The van der Waals surface area contributed by atoms with Crippen molar-refractivity contribution in [2.75, 3.05) is 17.4 Å². The Kier molecular flexibility index (Phi) is 6.89. The third kappa shape index (κ3) is 6.37. The molecule has 1 atom stereocenters. The lowest BCUT2D eigenvalue weighted by Gasteiger charge is -2.08. The maximum absolute atomic E-state index is 10.7. The minimum absolute atomic E-state index is 0.741. The van der Waals surface area contributed by atoms with Gasteiger partial charge in [0.25, 0.3) is 0 Å². The molecule has 1 saturated heterocycles. The molecule has 0 bridgehead atoms. The Morgan fingerprint density at radius 2 is 1.77 bits per heavy atom. The zero-order chi connectivity index (χ0) is 16.8. The first-order valence-electron chi connectivity index (χ1n) is 6.48. The van der Waals surface area contributed by atoms with E-state index in [9.17, 15) is 13.2 Å². The first-order chi connectivity index (χ1) is 10.2. The molecule has 1 aliphatic heterocycles. The van der Waals surface area contributed by atoms with Crippen LogP contribution in [0.25, 0.3) is 0 Å². The molecule has 0 radical (unpaired) electrons. The van der Waals surface area contributed by atoms with Crippen LogP contribution in [-0.4, -0.2) is 36.9 Å². The summed E-state index contributed by atoms with van der Waals surface area (Å²) in [6.07, 6.45) is 7.86. The molecule has 126 valence electrons. The first kappa shape index (κ1) is 19.0. The van der Waals surface area contributed by atoms with Crippen molar-refractivity contribution >= 4 is 21.7 Å². The Morgan fingerprint density at radius 1 is 1.23 bits per heavy atom. The monoisotopic (exact) mass is 360 g/mol. The highest BCUT2D eigenvalue weighted by Crippen LogP contribution is 2.20. The van der Waals surface area contributed by atoms with Gasteiger partial charge < -0.3 is 4.55 Å². The molecule has 5 nitrogen and oxygen atoms in total. The smallest absolute Gasteiger partial charge is 0.485 e. The highest BCUT2D eigenvalue weighted by atomic mass is 35.5. The molecule has 0 amide bonds. The van der Waals surface area contributed by atoms with Crippen molar-refractivity contribution in [3.63, 3.8) is 0 Å². The molecule has 1 aliphatic rings. The van der Waals surface area contributed by atoms with Crippen LogP contribution >= 0.6 is 11.6 Å². The molecule has 1 fully saturated rings. The highest BCUT2D eigenvalue weighted by molar-refractivity contribution is 7.86. The van der Waals surface area contributed by atoms with E-state index in [1.807, 2.05) is 6.07 Å². The van der Waals surface area contributed by atoms with Crippen LogP contribution in [0.4, 0.5) is 13.2 Å². The minimum Gasteiger partial charge on any atom is -0.741 e. The lowest BCUT2D eigenvalue weighted by Crippen LogP contribution is -2.45. The highest BCUT2D eigenvalue weighted by Gasteiger charge is 2.40. The van der Waals surface area contributed by atoms with E-state index in [0.29, 0.717) is 0 Å². The van der Waals surface area contributed by atoms with Gasteiger partial charge in [-0.3, -0.25) is 0 Å². The summed E-state index contributed by atoms with van der Waals surface area (Å²) in [6.45, 7) is 1.19. The zero-order valence-corrected chi connectivity index (χ0v) is 13.1. The fraction of sp³-hybridized carbons (Fsp3) is 0.583. The number of pyridine rings is 1. The summed E-state index contributed by atoms with van der Waals surface area (Å²) in [5.41, 5.74) is -5.65. The largest absolute Gasteiger partial charge is 0.741 e. The van der Waals surface area contributed by atoms with E-state index in [2.05, 4.69) is 34.2 Å². The fourth-order valence-electron chi connectivity index (χ4n) is 1.73. The number of alkyl halides is 4.